The van der Waals surface area contributed by atoms with Gasteiger partial charge in [0.1, 0.15) is 10.5 Å². The lowest BCUT2D eigenvalue weighted by atomic mass is 10.2. The van der Waals surface area contributed by atoms with Gasteiger partial charge in [0.2, 0.25) is 0 Å². The van der Waals surface area contributed by atoms with Crippen LogP contribution in [0.5, 0.6) is 0 Å². The SMILES string of the molecule is Cc1[nH]c(C)c(S(=O)(=O)Nc2ccc(C(F)(F)F)c(Cl)c2)c1C(=O)N1CCN(C(=O)OC(C)(C)C)CC1. The predicted molar refractivity (Wildman–Crippen MR) is 131 cm³/mol. The van der Waals surface area contributed by atoms with E-state index in [9.17, 15) is 31.2 Å². The number of ether oxygens (including phenoxy) is 1. The number of aromatic amines is 1. The number of hydrogen-bond donors (Lipinski definition) is 2. The maximum atomic E-state index is 13.4. The minimum atomic E-state index is -4.70. The first-order chi connectivity index (χ1) is 16.9. The molecule has 0 aliphatic carbocycles. The van der Waals surface area contributed by atoms with Crippen molar-refractivity contribution < 1.29 is 35.9 Å². The molecule has 0 radical (unpaired) electrons. The standard InChI is InChI=1S/C23H28ClF3N4O5S/c1-13-18(20(32)30-8-10-31(11-9-30)21(33)36-22(3,4)5)19(14(2)28-13)37(34,35)29-15-6-7-16(17(24)12-15)23(25,26)27/h6-7,12,28-29H,8-11H2,1-5H3. The number of nitrogens with zero attached hydrogens (tertiary/aromatic N) is 2. The summed E-state index contributed by atoms with van der Waals surface area (Å²) in [5, 5.41) is -0.672. The number of carbonyl (C=O) groups is 2. The van der Waals surface area contributed by atoms with Crippen LogP contribution in [-0.2, 0) is 20.9 Å². The van der Waals surface area contributed by atoms with Crippen LogP contribution in [0.15, 0.2) is 23.1 Å². The highest BCUT2D eigenvalue weighted by molar-refractivity contribution is 7.92. The molecule has 37 heavy (non-hydrogen) atoms. The molecule has 204 valence electrons. The third-order valence-corrected chi connectivity index (χ3v) is 7.41. The number of H-pyrrole nitrogens is 1. The zero-order valence-corrected chi connectivity index (χ0v) is 22.5. The molecule has 0 spiro atoms. The van der Waals surface area contributed by atoms with Gasteiger partial charge in [-0.1, -0.05) is 11.6 Å². The zero-order chi connectivity index (χ0) is 27.9. The lowest BCUT2D eigenvalue weighted by Crippen LogP contribution is -2.51. The van der Waals surface area contributed by atoms with E-state index in [-0.39, 0.29) is 48.0 Å². The Balaban J connectivity index is 1.83. The molecule has 0 bridgehead atoms. The monoisotopic (exact) mass is 564 g/mol. The number of hydrogen-bond acceptors (Lipinski definition) is 5. The van der Waals surface area contributed by atoms with Crippen LogP contribution in [0.25, 0.3) is 0 Å². The molecule has 0 atom stereocenters. The van der Waals surface area contributed by atoms with Crippen LogP contribution in [0.1, 0.15) is 48.1 Å². The number of piperazine rings is 1. The number of aromatic nitrogens is 1. The van der Waals surface area contributed by atoms with E-state index in [0.29, 0.717) is 11.8 Å². The van der Waals surface area contributed by atoms with Crippen molar-refractivity contribution in [3.05, 3.63) is 45.7 Å². The molecule has 1 fully saturated rings. The van der Waals surface area contributed by atoms with Gasteiger partial charge in [-0.25, -0.2) is 13.2 Å². The van der Waals surface area contributed by atoms with Crippen molar-refractivity contribution in [1.82, 2.24) is 14.8 Å². The summed E-state index contributed by atoms with van der Waals surface area (Å²) in [6.45, 7) is 8.97. The first-order valence-corrected chi connectivity index (χ1v) is 13.1. The number of halogens is 4. The average molecular weight is 565 g/mol. The molecule has 1 aliphatic heterocycles. The van der Waals surface area contributed by atoms with Gasteiger partial charge in [0.25, 0.3) is 15.9 Å². The fraction of sp³-hybridized carbons (Fsp3) is 0.478. The molecule has 1 aromatic heterocycles. The number of nitrogens with one attached hydrogen (secondary N) is 2. The average Bonchev–Trinajstić information content (AvgIpc) is 3.05. The maximum absolute atomic E-state index is 13.4. The fourth-order valence-electron chi connectivity index (χ4n) is 3.94. The Morgan fingerprint density at radius 3 is 2.11 bits per heavy atom. The first-order valence-electron chi connectivity index (χ1n) is 11.3. The van der Waals surface area contributed by atoms with Crippen molar-refractivity contribution in [1.29, 1.82) is 0 Å². The summed E-state index contributed by atoms with van der Waals surface area (Å²) in [6, 6.07) is 2.47. The van der Waals surface area contributed by atoms with Crippen LogP contribution in [0, 0.1) is 13.8 Å². The Hall–Kier alpha value is -2.93. The maximum Gasteiger partial charge on any atom is 0.417 e. The third-order valence-electron chi connectivity index (χ3n) is 5.55. The number of anilines is 1. The molecule has 2 heterocycles. The van der Waals surface area contributed by atoms with E-state index < -0.39 is 44.4 Å². The summed E-state index contributed by atoms with van der Waals surface area (Å²) >= 11 is 5.72. The third kappa shape index (κ3) is 6.50. The van der Waals surface area contributed by atoms with E-state index in [1.54, 1.807) is 27.7 Å². The molecular weight excluding hydrogens is 537 g/mol. The van der Waals surface area contributed by atoms with Gasteiger partial charge in [-0.2, -0.15) is 13.2 Å². The molecule has 2 amide bonds. The van der Waals surface area contributed by atoms with E-state index in [4.69, 9.17) is 16.3 Å². The number of amides is 2. The highest BCUT2D eigenvalue weighted by Gasteiger charge is 2.35. The lowest BCUT2D eigenvalue weighted by molar-refractivity contribution is -0.137. The highest BCUT2D eigenvalue weighted by Crippen LogP contribution is 2.36. The summed E-state index contributed by atoms with van der Waals surface area (Å²) < 4.78 is 73.1. The van der Waals surface area contributed by atoms with Crippen molar-refractivity contribution in [2.45, 2.75) is 51.3 Å². The summed E-state index contributed by atoms with van der Waals surface area (Å²) in [6.07, 6.45) is -5.20. The van der Waals surface area contributed by atoms with Gasteiger partial charge in [0, 0.05) is 37.6 Å². The largest absolute Gasteiger partial charge is 0.444 e. The summed E-state index contributed by atoms with van der Waals surface area (Å²) in [4.78, 5) is 31.2. The van der Waals surface area contributed by atoms with Crippen molar-refractivity contribution in [2.75, 3.05) is 30.9 Å². The van der Waals surface area contributed by atoms with Gasteiger partial charge >= 0.3 is 12.3 Å². The molecule has 14 heteroatoms. The second-order valence-electron chi connectivity index (χ2n) is 9.64. The molecule has 3 rings (SSSR count). The van der Waals surface area contributed by atoms with E-state index >= 15 is 0 Å². The Bertz CT molecular complexity index is 1310. The van der Waals surface area contributed by atoms with E-state index in [1.807, 2.05) is 0 Å². The molecule has 1 aromatic carbocycles. The van der Waals surface area contributed by atoms with Crippen molar-refractivity contribution in [3.63, 3.8) is 0 Å². The number of sulfonamides is 1. The van der Waals surface area contributed by atoms with Crippen LogP contribution in [-0.4, -0.2) is 67.0 Å². The molecule has 1 aliphatic rings. The Labute approximate surface area is 218 Å². The Kier molecular flexibility index (Phi) is 7.81. The lowest BCUT2D eigenvalue weighted by Gasteiger charge is -2.35. The minimum absolute atomic E-state index is 0.0891. The first kappa shape index (κ1) is 28.6. The second kappa shape index (κ2) is 10.1. The molecule has 0 unspecified atom stereocenters. The summed E-state index contributed by atoms with van der Waals surface area (Å²) in [5.41, 5.74) is -1.57. The normalized spacial score (nSPS) is 15.1. The van der Waals surface area contributed by atoms with Crippen LogP contribution in [0.2, 0.25) is 5.02 Å². The molecule has 0 saturated carbocycles. The number of rotatable bonds is 4. The van der Waals surface area contributed by atoms with E-state index in [0.717, 1.165) is 12.1 Å². The summed E-state index contributed by atoms with van der Waals surface area (Å²) in [5.74, 6) is -0.559. The fourth-order valence-corrected chi connectivity index (χ4v) is 5.73. The van der Waals surface area contributed by atoms with Crippen molar-refractivity contribution >= 4 is 39.3 Å². The second-order valence-corrected chi connectivity index (χ2v) is 11.7. The molecular formula is C23H28ClF3N4O5S. The van der Waals surface area contributed by atoms with Gasteiger partial charge in [0.05, 0.1) is 21.8 Å². The van der Waals surface area contributed by atoms with E-state index in [1.165, 1.54) is 16.7 Å². The zero-order valence-electron chi connectivity index (χ0n) is 20.9. The molecule has 1 saturated heterocycles. The highest BCUT2D eigenvalue weighted by atomic mass is 35.5. The summed E-state index contributed by atoms with van der Waals surface area (Å²) in [7, 11) is -4.40. The number of alkyl halides is 3. The predicted octanol–water partition coefficient (Wildman–Crippen LogP) is 4.80. The molecule has 9 nitrogen and oxygen atoms in total. The van der Waals surface area contributed by atoms with Crippen LogP contribution >= 0.6 is 11.6 Å². The van der Waals surface area contributed by atoms with Crippen LogP contribution < -0.4 is 4.72 Å². The van der Waals surface area contributed by atoms with Gasteiger partial charge in [-0.15, -0.1) is 0 Å². The smallest absolute Gasteiger partial charge is 0.417 e. The van der Waals surface area contributed by atoms with Gasteiger partial charge in [-0.05, 0) is 52.8 Å². The van der Waals surface area contributed by atoms with Crippen LogP contribution in [0.3, 0.4) is 0 Å². The number of carbonyl (C=O) groups excluding carboxylic acids is 2. The Morgan fingerprint density at radius 2 is 1.59 bits per heavy atom. The minimum Gasteiger partial charge on any atom is -0.444 e. The topological polar surface area (TPSA) is 112 Å². The van der Waals surface area contributed by atoms with Crippen molar-refractivity contribution in [3.8, 4) is 0 Å². The molecule has 2 aromatic rings. The van der Waals surface area contributed by atoms with Gasteiger partial charge in [0.15, 0.2) is 0 Å². The number of aryl methyl sites for hydroxylation is 2. The quantitative estimate of drug-likeness (QED) is 0.554. The Morgan fingerprint density at radius 1 is 1.03 bits per heavy atom. The van der Waals surface area contributed by atoms with Crippen molar-refractivity contribution in [2.24, 2.45) is 0 Å². The molecule has 2 N–H and O–H groups in total. The van der Waals surface area contributed by atoms with Gasteiger partial charge < -0.3 is 19.5 Å². The van der Waals surface area contributed by atoms with E-state index in [2.05, 4.69) is 9.71 Å². The number of benzene rings is 1. The van der Waals surface area contributed by atoms with Crippen LogP contribution in [0.4, 0.5) is 23.7 Å². The van der Waals surface area contributed by atoms with Gasteiger partial charge in [-0.3, -0.25) is 9.52 Å².